The van der Waals surface area contributed by atoms with Gasteiger partial charge in [-0.2, -0.15) is 0 Å². The number of rotatable bonds is 2. The summed E-state index contributed by atoms with van der Waals surface area (Å²) in [5.41, 5.74) is 0.577. The molecule has 1 heterocycles. The lowest BCUT2D eigenvalue weighted by molar-refractivity contribution is -0.0244. The maximum absolute atomic E-state index is 12.4. The van der Waals surface area contributed by atoms with Gasteiger partial charge in [0.15, 0.2) is 0 Å². The number of hydrogen-bond donors (Lipinski definition) is 0. The Bertz CT molecular complexity index is 566. The van der Waals surface area contributed by atoms with E-state index < -0.39 is 5.60 Å². The fraction of sp³-hybridized carbons (Fsp3) is 0.611. The first-order chi connectivity index (χ1) is 10.6. The molecule has 0 unspecified atom stereocenters. The highest BCUT2D eigenvalue weighted by atomic mass is 79.9. The fourth-order valence-electron chi connectivity index (χ4n) is 2.94. The van der Waals surface area contributed by atoms with Gasteiger partial charge >= 0.3 is 6.09 Å². The van der Waals surface area contributed by atoms with Crippen LogP contribution in [0.3, 0.4) is 0 Å². The molecule has 1 aliphatic rings. The van der Waals surface area contributed by atoms with Gasteiger partial charge in [0.1, 0.15) is 5.60 Å². The lowest BCUT2D eigenvalue weighted by Crippen LogP contribution is -2.61. The molecule has 1 fully saturated rings. The van der Waals surface area contributed by atoms with Gasteiger partial charge in [0, 0.05) is 30.7 Å². The summed E-state index contributed by atoms with van der Waals surface area (Å²) in [7, 11) is 0. The van der Waals surface area contributed by atoms with E-state index in [1.807, 2.05) is 31.7 Å². The minimum atomic E-state index is -0.458. The summed E-state index contributed by atoms with van der Waals surface area (Å²) in [4.78, 5) is 16.7. The largest absolute Gasteiger partial charge is 0.444 e. The van der Waals surface area contributed by atoms with Crippen LogP contribution in [0.25, 0.3) is 0 Å². The smallest absolute Gasteiger partial charge is 0.410 e. The van der Waals surface area contributed by atoms with E-state index in [2.05, 4.69) is 52.9 Å². The van der Waals surface area contributed by atoms with E-state index in [0.717, 1.165) is 24.1 Å². The van der Waals surface area contributed by atoms with Crippen LogP contribution in [0.5, 0.6) is 0 Å². The van der Waals surface area contributed by atoms with Gasteiger partial charge in [-0.1, -0.05) is 28.1 Å². The number of ether oxygens (including phenoxy) is 1. The average molecular weight is 383 g/mol. The van der Waals surface area contributed by atoms with Crippen LogP contribution in [0.15, 0.2) is 28.7 Å². The molecule has 1 aromatic rings. The van der Waals surface area contributed by atoms with Gasteiger partial charge in [-0.25, -0.2) is 4.79 Å². The second kappa shape index (κ2) is 6.81. The Morgan fingerprint density at radius 3 is 2.57 bits per heavy atom. The molecule has 5 heteroatoms. The van der Waals surface area contributed by atoms with Crippen molar-refractivity contribution in [3.8, 4) is 0 Å². The van der Waals surface area contributed by atoms with E-state index in [0.29, 0.717) is 6.54 Å². The molecule has 0 saturated carbocycles. The molecular formula is C18H27BrN2O2. The van der Waals surface area contributed by atoms with Gasteiger partial charge in [-0.3, -0.25) is 4.90 Å². The number of benzene rings is 1. The molecule has 23 heavy (non-hydrogen) atoms. The van der Waals surface area contributed by atoms with Crippen LogP contribution >= 0.6 is 15.9 Å². The fourth-order valence-corrected chi connectivity index (χ4v) is 3.39. The van der Waals surface area contributed by atoms with E-state index in [-0.39, 0.29) is 11.6 Å². The number of carbonyl (C=O) groups excluding carboxylic acids is 1. The van der Waals surface area contributed by atoms with E-state index >= 15 is 0 Å². The summed E-state index contributed by atoms with van der Waals surface area (Å²) in [5.74, 6) is 0. The predicted octanol–water partition coefficient (Wildman–Crippen LogP) is 4.28. The highest BCUT2D eigenvalue weighted by Gasteiger charge is 2.38. The van der Waals surface area contributed by atoms with Crippen LogP contribution < -0.4 is 0 Å². The molecule has 0 radical (unpaired) electrons. The molecule has 128 valence electrons. The van der Waals surface area contributed by atoms with Crippen LogP contribution in [0.2, 0.25) is 0 Å². The average Bonchev–Trinajstić information content (AvgIpc) is 2.35. The summed E-state index contributed by atoms with van der Waals surface area (Å²) in [6.07, 6.45) is -0.218. The minimum absolute atomic E-state index is 0.218. The molecule has 1 amide bonds. The third kappa shape index (κ3) is 5.21. The Balaban J connectivity index is 2.00. The molecule has 0 aliphatic carbocycles. The Morgan fingerprint density at radius 1 is 1.30 bits per heavy atom. The summed E-state index contributed by atoms with van der Waals surface area (Å²) >= 11 is 3.52. The quantitative estimate of drug-likeness (QED) is 0.764. The maximum atomic E-state index is 12.4. The van der Waals surface area contributed by atoms with E-state index in [1.54, 1.807) is 0 Å². The number of nitrogens with zero attached hydrogens (tertiary/aromatic N) is 2. The van der Waals surface area contributed by atoms with Gasteiger partial charge in [0.05, 0.1) is 5.54 Å². The van der Waals surface area contributed by atoms with Crippen molar-refractivity contribution in [2.45, 2.75) is 52.3 Å². The standard InChI is InChI=1S/C18H27BrN2O2/c1-17(2,3)23-16(22)21-10-9-20(13-18(21,4)5)12-14-7-6-8-15(19)11-14/h6-8,11H,9-10,12-13H2,1-5H3. The number of amides is 1. The highest BCUT2D eigenvalue weighted by Crippen LogP contribution is 2.25. The van der Waals surface area contributed by atoms with Crippen LogP contribution in [0, 0.1) is 0 Å². The Morgan fingerprint density at radius 2 is 2.00 bits per heavy atom. The summed E-state index contributed by atoms with van der Waals surface area (Å²) in [6.45, 7) is 13.2. The van der Waals surface area contributed by atoms with Crippen molar-refractivity contribution >= 4 is 22.0 Å². The van der Waals surface area contributed by atoms with Gasteiger partial charge in [0.2, 0.25) is 0 Å². The SMILES string of the molecule is CC(C)(C)OC(=O)N1CCN(Cc2cccc(Br)c2)CC1(C)C. The molecule has 0 aromatic heterocycles. The van der Waals surface area contributed by atoms with E-state index in [4.69, 9.17) is 4.74 Å². The predicted molar refractivity (Wildman–Crippen MR) is 96.4 cm³/mol. The molecule has 0 atom stereocenters. The lowest BCUT2D eigenvalue weighted by atomic mass is 9.99. The molecule has 4 nitrogen and oxygen atoms in total. The normalized spacial score (nSPS) is 18.8. The van der Waals surface area contributed by atoms with Crippen LogP contribution in [-0.2, 0) is 11.3 Å². The number of carbonyl (C=O) groups is 1. The van der Waals surface area contributed by atoms with Gasteiger partial charge in [0.25, 0.3) is 0 Å². The molecule has 0 spiro atoms. The van der Waals surface area contributed by atoms with Crippen molar-refractivity contribution in [3.63, 3.8) is 0 Å². The third-order valence-corrected chi connectivity index (χ3v) is 4.38. The third-order valence-electron chi connectivity index (χ3n) is 3.89. The van der Waals surface area contributed by atoms with E-state index in [1.165, 1.54) is 5.56 Å². The van der Waals surface area contributed by atoms with Gasteiger partial charge < -0.3 is 9.64 Å². The first-order valence-corrected chi connectivity index (χ1v) is 8.83. The molecule has 0 N–H and O–H groups in total. The van der Waals surface area contributed by atoms with Crippen molar-refractivity contribution in [1.29, 1.82) is 0 Å². The van der Waals surface area contributed by atoms with Crippen molar-refractivity contribution < 1.29 is 9.53 Å². The van der Waals surface area contributed by atoms with Crippen molar-refractivity contribution in [2.75, 3.05) is 19.6 Å². The summed E-state index contributed by atoms with van der Waals surface area (Å²) < 4.78 is 6.64. The van der Waals surface area contributed by atoms with Crippen LogP contribution in [0.4, 0.5) is 4.79 Å². The van der Waals surface area contributed by atoms with Crippen molar-refractivity contribution in [1.82, 2.24) is 9.80 Å². The monoisotopic (exact) mass is 382 g/mol. The summed E-state index contributed by atoms with van der Waals surface area (Å²) in [6, 6.07) is 8.38. The second-order valence-corrected chi connectivity index (χ2v) is 8.70. The Labute approximate surface area is 147 Å². The molecule has 1 aromatic carbocycles. The summed E-state index contributed by atoms with van der Waals surface area (Å²) in [5, 5.41) is 0. The van der Waals surface area contributed by atoms with Gasteiger partial charge in [-0.05, 0) is 52.3 Å². The minimum Gasteiger partial charge on any atom is -0.444 e. The maximum Gasteiger partial charge on any atom is 0.410 e. The highest BCUT2D eigenvalue weighted by molar-refractivity contribution is 9.10. The number of halogens is 1. The zero-order valence-electron chi connectivity index (χ0n) is 14.7. The zero-order valence-corrected chi connectivity index (χ0v) is 16.3. The topological polar surface area (TPSA) is 32.8 Å². The molecule has 1 aliphatic heterocycles. The van der Waals surface area contributed by atoms with Crippen LogP contribution in [-0.4, -0.2) is 46.7 Å². The van der Waals surface area contributed by atoms with Gasteiger partial charge in [-0.15, -0.1) is 0 Å². The van der Waals surface area contributed by atoms with Crippen molar-refractivity contribution in [2.24, 2.45) is 0 Å². The van der Waals surface area contributed by atoms with Crippen molar-refractivity contribution in [3.05, 3.63) is 34.3 Å². The first kappa shape index (κ1) is 18.3. The molecular weight excluding hydrogens is 356 g/mol. The number of hydrogen-bond acceptors (Lipinski definition) is 3. The molecule has 0 bridgehead atoms. The zero-order chi connectivity index (χ0) is 17.3. The Kier molecular flexibility index (Phi) is 5.41. The van der Waals surface area contributed by atoms with Crippen LogP contribution in [0.1, 0.15) is 40.2 Å². The Hall–Kier alpha value is -1.07. The van der Waals surface area contributed by atoms with E-state index in [9.17, 15) is 4.79 Å². The number of piperazine rings is 1. The first-order valence-electron chi connectivity index (χ1n) is 8.04. The molecule has 2 rings (SSSR count). The molecule has 1 saturated heterocycles. The second-order valence-electron chi connectivity index (χ2n) is 7.78. The lowest BCUT2D eigenvalue weighted by Gasteiger charge is -2.47.